The molecule has 0 aromatic carbocycles. The average molecular weight is 106 g/mol. The summed E-state index contributed by atoms with van der Waals surface area (Å²) in [6.07, 6.45) is 0. The monoisotopic (exact) mass is 106 g/mol. The van der Waals surface area contributed by atoms with Crippen molar-refractivity contribution in [2.45, 2.75) is 0 Å². The summed E-state index contributed by atoms with van der Waals surface area (Å²) in [5.74, 6) is 0. The van der Waals surface area contributed by atoms with Gasteiger partial charge in [0.2, 0.25) is 0 Å². The van der Waals surface area contributed by atoms with E-state index in [1.54, 1.807) is 11.3 Å². The fraction of sp³-hybridized carbons (Fsp3) is 0. The molecule has 26 valence electrons. The molecular weight excluding hydrogens is 103 g/mol. The molecule has 0 saturated heterocycles. The summed E-state index contributed by atoms with van der Waals surface area (Å²) >= 11 is 2.98. The molecule has 0 nitrogen and oxygen atoms in total. The molecule has 2 heteroatoms. The molecule has 1 heterocycles. The van der Waals surface area contributed by atoms with Crippen molar-refractivity contribution in [3.8, 4) is 0 Å². The van der Waals surface area contributed by atoms with Crippen molar-refractivity contribution in [3.05, 3.63) is 16.8 Å². The van der Waals surface area contributed by atoms with Crippen LogP contribution in [-0.4, -0.2) is 27.9 Å². The summed E-state index contributed by atoms with van der Waals surface area (Å²) in [6, 6.07) is 2.16. The maximum absolute atomic E-state index is 2.19. The second kappa shape index (κ2) is 2.12. The van der Waals surface area contributed by atoms with Crippen LogP contribution in [-0.2, 0) is 0 Å². The van der Waals surface area contributed by atoms with Crippen LogP contribution in [0.1, 0.15) is 0 Å². The van der Waals surface area contributed by atoms with Crippen LogP contribution in [0.2, 0.25) is 0 Å². The Bertz CT molecular complexity index is 111. The molecule has 0 unspecified atom stereocenters. The van der Waals surface area contributed by atoms with Crippen molar-refractivity contribution in [2.24, 2.45) is 0 Å². The van der Waals surface area contributed by atoms with Gasteiger partial charge in [0.1, 0.15) is 0 Å². The van der Waals surface area contributed by atoms with Crippen molar-refractivity contribution >= 4 is 42.1 Å². The van der Waals surface area contributed by atoms with Gasteiger partial charge in [-0.15, -0.1) is 0 Å². The van der Waals surface area contributed by atoms with E-state index in [1.165, 1.54) is 30.7 Å². The van der Waals surface area contributed by atoms with Crippen LogP contribution in [0.4, 0.5) is 0 Å². The second-order valence-corrected chi connectivity index (χ2v) is 3.24. The van der Waals surface area contributed by atoms with Crippen LogP contribution in [0.15, 0.2) is 16.8 Å². The molecule has 0 saturated carbocycles. The SMILES string of the molecule is [Na][c]1ccsc1. The Hall–Kier alpha value is 0.700. The number of hydrogen-bond donors (Lipinski definition) is 0. The molecule has 0 spiro atoms. The van der Waals surface area contributed by atoms with E-state index in [9.17, 15) is 0 Å². The van der Waals surface area contributed by atoms with Crippen LogP contribution < -0.4 is 2.81 Å². The second-order valence-electron chi connectivity index (χ2n) is 1.30. The predicted octanol–water partition coefficient (Wildman–Crippen LogP) is 0.542. The van der Waals surface area contributed by atoms with Crippen molar-refractivity contribution in [2.75, 3.05) is 0 Å². The van der Waals surface area contributed by atoms with E-state index in [1.807, 2.05) is 0 Å². The minimum atomic E-state index is 1.21. The van der Waals surface area contributed by atoms with Gasteiger partial charge in [0.25, 0.3) is 0 Å². The maximum atomic E-state index is 2.19. The zero-order valence-corrected chi connectivity index (χ0v) is 6.46. The van der Waals surface area contributed by atoms with Gasteiger partial charge in [-0.1, -0.05) is 0 Å². The van der Waals surface area contributed by atoms with Crippen LogP contribution in [0, 0.1) is 0 Å². The first-order chi connectivity index (χ1) is 2.89. The molecular formula is C4H3NaS. The minimum absolute atomic E-state index is 1.21. The molecule has 0 fully saturated rings. The standard InChI is InChI=1S/C4H3S.Na/c1-2-4-5-3-1;/h1,3-4H;. The summed E-state index contributed by atoms with van der Waals surface area (Å²) in [6.45, 7) is 0. The molecule has 0 bridgehead atoms. The number of thiophene rings is 1. The van der Waals surface area contributed by atoms with E-state index in [0.717, 1.165) is 0 Å². The van der Waals surface area contributed by atoms with Gasteiger partial charge in [-0.2, -0.15) is 0 Å². The van der Waals surface area contributed by atoms with Gasteiger partial charge < -0.3 is 0 Å². The summed E-state index contributed by atoms with van der Waals surface area (Å²) in [7, 11) is 0. The topological polar surface area (TPSA) is 0 Å². The average Bonchev–Trinajstić information content (AvgIpc) is 1.86. The van der Waals surface area contributed by atoms with Gasteiger partial charge in [-0.05, 0) is 0 Å². The quantitative estimate of drug-likeness (QED) is 0.423. The van der Waals surface area contributed by atoms with Gasteiger partial charge in [0.15, 0.2) is 0 Å². The molecule has 1 aromatic heterocycles. The molecule has 1 rings (SSSR count). The third kappa shape index (κ3) is 1.09. The van der Waals surface area contributed by atoms with Crippen LogP contribution in [0.3, 0.4) is 0 Å². The van der Waals surface area contributed by atoms with Crippen molar-refractivity contribution in [1.82, 2.24) is 0 Å². The van der Waals surface area contributed by atoms with E-state index in [4.69, 9.17) is 0 Å². The van der Waals surface area contributed by atoms with E-state index in [2.05, 4.69) is 16.8 Å². The van der Waals surface area contributed by atoms with Crippen molar-refractivity contribution in [3.63, 3.8) is 0 Å². The number of rotatable bonds is 0. The van der Waals surface area contributed by atoms with E-state index < -0.39 is 0 Å². The van der Waals surface area contributed by atoms with E-state index in [-0.39, 0.29) is 0 Å². The molecule has 0 aliphatic rings. The molecule has 0 atom stereocenters. The molecule has 0 aliphatic heterocycles. The number of hydrogen-bond acceptors (Lipinski definition) is 1. The zero-order chi connectivity index (χ0) is 4.41. The summed E-state index contributed by atoms with van der Waals surface area (Å²) in [5.41, 5.74) is 0. The Labute approximate surface area is 58.6 Å². The van der Waals surface area contributed by atoms with E-state index in [0.29, 0.717) is 0 Å². The van der Waals surface area contributed by atoms with Crippen LogP contribution >= 0.6 is 11.3 Å². The molecule has 0 N–H and O–H groups in total. The van der Waals surface area contributed by atoms with Gasteiger partial charge >= 0.3 is 58.9 Å². The fourth-order valence-electron chi connectivity index (χ4n) is 0.333. The van der Waals surface area contributed by atoms with Gasteiger partial charge in [0, 0.05) is 0 Å². The molecule has 1 aromatic rings. The fourth-order valence-corrected chi connectivity index (χ4v) is 1.81. The normalized spacial score (nSPS) is 9.00. The Morgan fingerprint density at radius 1 is 1.67 bits per heavy atom. The molecule has 6 heavy (non-hydrogen) atoms. The first-order valence-corrected chi connectivity index (χ1v) is 3.82. The first-order valence-electron chi connectivity index (χ1n) is 1.88. The van der Waals surface area contributed by atoms with Gasteiger partial charge in [-0.25, -0.2) is 0 Å². The van der Waals surface area contributed by atoms with Crippen molar-refractivity contribution in [1.29, 1.82) is 0 Å². The summed E-state index contributed by atoms with van der Waals surface area (Å²) in [5, 5.41) is 4.30. The van der Waals surface area contributed by atoms with Gasteiger partial charge in [-0.3, -0.25) is 0 Å². The zero-order valence-electron chi connectivity index (χ0n) is 3.64. The Balaban J connectivity index is 3.05. The molecule has 0 aliphatic carbocycles. The van der Waals surface area contributed by atoms with E-state index >= 15 is 0 Å². The Morgan fingerprint density at radius 2 is 2.50 bits per heavy atom. The Morgan fingerprint density at radius 3 is 2.67 bits per heavy atom. The third-order valence-corrected chi connectivity index (χ3v) is 2.50. The Kier molecular flexibility index (Phi) is 1.72. The van der Waals surface area contributed by atoms with Crippen LogP contribution in [0.5, 0.6) is 0 Å². The van der Waals surface area contributed by atoms with Gasteiger partial charge in [0.05, 0.1) is 0 Å². The molecule has 0 radical (unpaired) electrons. The summed E-state index contributed by atoms with van der Waals surface area (Å²) in [4.78, 5) is 0. The molecule has 0 amide bonds. The predicted molar refractivity (Wildman–Crippen MR) is 29.7 cm³/mol. The summed E-state index contributed by atoms with van der Waals surface area (Å²) < 4.78 is 1.50. The first kappa shape index (κ1) is 4.85. The third-order valence-electron chi connectivity index (χ3n) is 0.663. The van der Waals surface area contributed by atoms with Crippen molar-refractivity contribution < 1.29 is 0 Å². The van der Waals surface area contributed by atoms with Crippen LogP contribution in [0.25, 0.3) is 0 Å².